The van der Waals surface area contributed by atoms with Gasteiger partial charge >= 0.3 is 6.01 Å². The molecule has 0 saturated heterocycles. The lowest BCUT2D eigenvalue weighted by Gasteiger charge is -2.28. The van der Waals surface area contributed by atoms with E-state index in [9.17, 15) is 14.0 Å². The van der Waals surface area contributed by atoms with Gasteiger partial charge in [-0.25, -0.2) is 14.4 Å². The molecule has 0 spiro atoms. The Bertz CT molecular complexity index is 804. The van der Waals surface area contributed by atoms with Gasteiger partial charge < -0.3 is 15.0 Å². The Hall–Kier alpha value is -2.48. The monoisotopic (exact) mass is 366 g/mol. The van der Waals surface area contributed by atoms with Crippen LogP contribution in [0.1, 0.15) is 36.0 Å². The highest BCUT2D eigenvalue weighted by Crippen LogP contribution is 2.22. The normalized spacial score (nSPS) is 20.1. The first-order valence-corrected chi connectivity index (χ1v) is 8.22. The molecule has 0 bridgehead atoms. The number of hydrogen-bond donors (Lipinski definition) is 2. The van der Waals surface area contributed by atoms with Crippen LogP contribution in [0.25, 0.3) is 0 Å². The largest absolute Gasteiger partial charge is 0.460 e. The quantitative estimate of drug-likeness (QED) is 0.863. The number of hydrogen-bond acceptors (Lipinski definition) is 5. The molecule has 132 valence electrons. The van der Waals surface area contributed by atoms with Gasteiger partial charge in [0.25, 0.3) is 11.5 Å². The number of ether oxygens (including phenoxy) is 1. The summed E-state index contributed by atoms with van der Waals surface area (Å²) in [5.41, 5.74) is -0.124. The highest BCUT2D eigenvalue weighted by Gasteiger charge is 2.24. The van der Waals surface area contributed by atoms with E-state index >= 15 is 0 Å². The first-order valence-electron chi connectivity index (χ1n) is 7.84. The van der Waals surface area contributed by atoms with E-state index in [1.54, 1.807) is 0 Å². The smallest absolute Gasteiger partial charge is 0.316 e. The Morgan fingerprint density at radius 3 is 2.60 bits per heavy atom. The molecule has 2 aromatic rings. The van der Waals surface area contributed by atoms with Crippen LogP contribution in [0.5, 0.6) is 6.01 Å². The summed E-state index contributed by atoms with van der Waals surface area (Å²) in [4.78, 5) is 33.4. The predicted molar refractivity (Wildman–Crippen MR) is 88.2 cm³/mol. The Kier molecular flexibility index (Phi) is 5.28. The third-order valence-electron chi connectivity index (χ3n) is 4.00. The molecule has 0 aromatic carbocycles. The molecule has 2 heterocycles. The van der Waals surface area contributed by atoms with Crippen molar-refractivity contribution in [3.05, 3.63) is 51.4 Å². The molecule has 1 aliphatic carbocycles. The lowest BCUT2D eigenvalue weighted by atomic mass is 9.93. The molecule has 25 heavy (non-hydrogen) atoms. The fourth-order valence-corrected chi connectivity index (χ4v) is 2.86. The second-order valence-corrected chi connectivity index (χ2v) is 6.22. The molecule has 0 unspecified atom stereocenters. The van der Waals surface area contributed by atoms with Gasteiger partial charge in [0.1, 0.15) is 11.1 Å². The molecule has 1 saturated carbocycles. The van der Waals surface area contributed by atoms with Gasteiger partial charge in [0, 0.05) is 12.2 Å². The van der Waals surface area contributed by atoms with E-state index in [4.69, 9.17) is 16.3 Å². The third kappa shape index (κ3) is 4.54. The Labute approximate surface area is 147 Å². The van der Waals surface area contributed by atoms with E-state index in [1.165, 1.54) is 12.3 Å². The summed E-state index contributed by atoms with van der Waals surface area (Å²) in [6.45, 7) is 0. The number of carbonyl (C=O) groups excluding carboxylic acids is 1. The minimum atomic E-state index is -0.513. The van der Waals surface area contributed by atoms with Crippen molar-refractivity contribution in [3.8, 4) is 6.01 Å². The minimum absolute atomic E-state index is 0.00666. The number of nitrogens with one attached hydrogen (secondary N) is 2. The van der Waals surface area contributed by atoms with E-state index in [2.05, 4.69) is 20.3 Å². The lowest BCUT2D eigenvalue weighted by molar-refractivity contribution is 0.0884. The fourth-order valence-electron chi connectivity index (χ4n) is 2.69. The summed E-state index contributed by atoms with van der Waals surface area (Å²) in [7, 11) is 0. The molecule has 7 nitrogen and oxygen atoms in total. The number of nitrogens with zero attached hydrogens (tertiary/aromatic N) is 2. The van der Waals surface area contributed by atoms with Crippen molar-refractivity contribution in [2.24, 2.45) is 0 Å². The predicted octanol–water partition coefficient (Wildman–Crippen LogP) is 2.08. The van der Waals surface area contributed by atoms with Crippen LogP contribution in [0.2, 0.25) is 5.02 Å². The number of pyridine rings is 1. The maximum Gasteiger partial charge on any atom is 0.316 e. The second-order valence-electron chi connectivity index (χ2n) is 5.81. The van der Waals surface area contributed by atoms with E-state index in [0.717, 1.165) is 38.1 Å². The standard InChI is InChI=1S/C16H16ClFN4O3/c17-13-5-9(6-19-15(13)24)14(23)22-11-1-3-12(4-2-11)25-16-20-7-10(18)8-21-16/h5-8,11-12H,1-4H2,(H,19,24)(H,22,23). The Morgan fingerprint density at radius 2 is 1.96 bits per heavy atom. The van der Waals surface area contributed by atoms with Crippen LogP contribution in [-0.2, 0) is 0 Å². The zero-order valence-electron chi connectivity index (χ0n) is 13.2. The van der Waals surface area contributed by atoms with Crippen LogP contribution >= 0.6 is 11.6 Å². The molecule has 3 rings (SSSR count). The van der Waals surface area contributed by atoms with Gasteiger partial charge in [-0.3, -0.25) is 9.59 Å². The van der Waals surface area contributed by atoms with Gasteiger partial charge in [-0.05, 0) is 31.7 Å². The first kappa shape index (κ1) is 17.3. The summed E-state index contributed by atoms with van der Waals surface area (Å²) in [5.74, 6) is -0.800. The molecule has 0 atom stereocenters. The number of halogens is 2. The van der Waals surface area contributed by atoms with Gasteiger partial charge in [-0.15, -0.1) is 0 Å². The summed E-state index contributed by atoms with van der Waals surface area (Å²) < 4.78 is 18.4. The van der Waals surface area contributed by atoms with Crippen molar-refractivity contribution in [2.75, 3.05) is 0 Å². The van der Waals surface area contributed by atoms with Crippen LogP contribution in [0.3, 0.4) is 0 Å². The zero-order chi connectivity index (χ0) is 17.8. The fraction of sp³-hybridized carbons (Fsp3) is 0.375. The Balaban J connectivity index is 1.50. The van der Waals surface area contributed by atoms with Crippen molar-refractivity contribution in [1.82, 2.24) is 20.3 Å². The first-order chi connectivity index (χ1) is 12.0. The average molecular weight is 367 g/mol. The second kappa shape index (κ2) is 7.60. The molecule has 0 aliphatic heterocycles. The van der Waals surface area contributed by atoms with Crippen LogP contribution in [-0.4, -0.2) is 33.0 Å². The van der Waals surface area contributed by atoms with Crippen molar-refractivity contribution >= 4 is 17.5 Å². The minimum Gasteiger partial charge on any atom is -0.460 e. The number of H-pyrrole nitrogens is 1. The maximum absolute atomic E-state index is 12.8. The molecular formula is C16H16ClFN4O3. The van der Waals surface area contributed by atoms with E-state index < -0.39 is 11.4 Å². The van der Waals surface area contributed by atoms with Crippen molar-refractivity contribution in [1.29, 1.82) is 0 Å². The van der Waals surface area contributed by atoms with Crippen LogP contribution < -0.4 is 15.6 Å². The zero-order valence-corrected chi connectivity index (χ0v) is 13.9. The molecule has 1 fully saturated rings. The van der Waals surface area contributed by atoms with E-state index in [1.807, 2.05) is 0 Å². The molecule has 2 N–H and O–H groups in total. The maximum atomic E-state index is 12.8. The van der Waals surface area contributed by atoms with Gasteiger partial charge in [0.05, 0.1) is 18.0 Å². The molecule has 9 heteroatoms. The molecule has 2 aromatic heterocycles. The molecular weight excluding hydrogens is 351 g/mol. The molecule has 0 radical (unpaired) electrons. The van der Waals surface area contributed by atoms with Gasteiger partial charge in [-0.2, -0.15) is 0 Å². The highest BCUT2D eigenvalue weighted by molar-refractivity contribution is 6.30. The number of carbonyl (C=O) groups is 1. The van der Waals surface area contributed by atoms with Crippen LogP contribution in [0.15, 0.2) is 29.5 Å². The van der Waals surface area contributed by atoms with Crippen LogP contribution in [0.4, 0.5) is 4.39 Å². The molecule has 1 aliphatic rings. The van der Waals surface area contributed by atoms with E-state index in [-0.39, 0.29) is 29.1 Å². The van der Waals surface area contributed by atoms with Crippen LogP contribution in [0, 0.1) is 5.82 Å². The van der Waals surface area contributed by atoms with Crippen molar-refractivity contribution in [2.45, 2.75) is 37.8 Å². The summed E-state index contributed by atoms with van der Waals surface area (Å²) in [5, 5.41) is 2.89. The summed E-state index contributed by atoms with van der Waals surface area (Å²) in [6, 6.07) is 1.50. The SMILES string of the molecule is O=C(NC1CCC(Oc2ncc(F)cn2)CC1)c1c[nH]c(=O)c(Cl)c1. The van der Waals surface area contributed by atoms with Gasteiger partial charge in [-0.1, -0.05) is 11.6 Å². The number of amides is 1. The average Bonchev–Trinajstić information content (AvgIpc) is 2.61. The highest BCUT2D eigenvalue weighted by atomic mass is 35.5. The number of rotatable bonds is 4. The van der Waals surface area contributed by atoms with Crippen molar-refractivity contribution in [3.63, 3.8) is 0 Å². The third-order valence-corrected chi connectivity index (χ3v) is 4.28. The van der Waals surface area contributed by atoms with Gasteiger partial charge in [0.2, 0.25) is 0 Å². The van der Waals surface area contributed by atoms with Crippen molar-refractivity contribution < 1.29 is 13.9 Å². The van der Waals surface area contributed by atoms with E-state index in [0.29, 0.717) is 5.56 Å². The number of aromatic nitrogens is 3. The summed E-state index contributed by atoms with van der Waals surface area (Å²) >= 11 is 5.73. The molecule has 1 amide bonds. The Morgan fingerprint density at radius 1 is 1.28 bits per heavy atom. The number of aromatic amines is 1. The summed E-state index contributed by atoms with van der Waals surface area (Å²) in [6.07, 6.45) is 6.29. The van der Waals surface area contributed by atoms with Gasteiger partial charge in [0.15, 0.2) is 5.82 Å². The topological polar surface area (TPSA) is 97.0 Å². The lowest BCUT2D eigenvalue weighted by Crippen LogP contribution is -2.40.